The first-order chi connectivity index (χ1) is 17.2. The number of carbonyl (C=O) groups is 2. The number of hydroxylamine groups is 1. The van der Waals surface area contributed by atoms with Gasteiger partial charge in [0.15, 0.2) is 0 Å². The van der Waals surface area contributed by atoms with E-state index in [1.807, 2.05) is 12.1 Å². The molecular formula is C29H36N4O3. The van der Waals surface area contributed by atoms with Crippen molar-refractivity contribution in [2.45, 2.75) is 52.2 Å². The van der Waals surface area contributed by atoms with Crippen molar-refractivity contribution in [3.8, 4) is 11.8 Å². The minimum absolute atomic E-state index is 0.129. The average Bonchev–Trinajstić information content (AvgIpc) is 2.89. The number of hydrogen-bond donors (Lipinski definition) is 5. The van der Waals surface area contributed by atoms with E-state index in [1.165, 1.54) is 23.9 Å². The summed E-state index contributed by atoms with van der Waals surface area (Å²) in [7, 11) is 0. The van der Waals surface area contributed by atoms with E-state index in [0.717, 1.165) is 35.4 Å². The molecule has 0 spiro atoms. The monoisotopic (exact) mass is 488 g/mol. The minimum atomic E-state index is -1.01. The van der Waals surface area contributed by atoms with Crippen molar-refractivity contribution < 1.29 is 14.8 Å². The summed E-state index contributed by atoms with van der Waals surface area (Å²) in [6.45, 7) is 8.02. The van der Waals surface area contributed by atoms with Gasteiger partial charge in [-0.1, -0.05) is 44.7 Å². The molecule has 0 aromatic heterocycles. The number of nitrogens with two attached hydrogens (primary N) is 1. The fraction of sp³-hybridized carbons (Fsp3) is 0.448. The molecule has 2 aromatic rings. The van der Waals surface area contributed by atoms with Crippen LogP contribution in [0.2, 0.25) is 0 Å². The van der Waals surface area contributed by atoms with Crippen LogP contribution in [0.25, 0.3) is 0 Å². The van der Waals surface area contributed by atoms with Crippen LogP contribution >= 0.6 is 0 Å². The maximum Gasteiger partial charge on any atom is 0.267 e. The van der Waals surface area contributed by atoms with E-state index in [0.29, 0.717) is 17.0 Å². The van der Waals surface area contributed by atoms with E-state index in [4.69, 9.17) is 10.9 Å². The van der Waals surface area contributed by atoms with Gasteiger partial charge in [0.25, 0.3) is 11.8 Å². The number of fused-ring (bicyclic) bond motifs is 2. The fourth-order valence-electron chi connectivity index (χ4n) is 5.77. The van der Waals surface area contributed by atoms with E-state index >= 15 is 0 Å². The second-order valence-corrected chi connectivity index (χ2v) is 10.7. The quantitative estimate of drug-likeness (QED) is 0.233. The number of carbonyl (C=O) groups excluding carboxylic acids is 2. The highest BCUT2D eigenvalue weighted by molar-refractivity contribution is 5.97. The number of amides is 2. The summed E-state index contributed by atoms with van der Waals surface area (Å²) < 4.78 is 0. The van der Waals surface area contributed by atoms with Gasteiger partial charge in [-0.25, -0.2) is 5.48 Å². The van der Waals surface area contributed by atoms with E-state index in [2.05, 4.69) is 55.4 Å². The highest BCUT2D eigenvalue weighted by atomic mass is 16.5. The summed E-state index contributed by atoms with van der Waals surface area (Å²) in [6, 6.07) is 14.7. The third-order valence-electron chi connectivity index (χ3n) is 8.34. The van der Waals surface area contributed by atoms with Crippen LogP contribution in [0, 0.1) is 35.0 Å². The molecule has 2 aromatic carbocycles. The molecule has 3 fully saturated rings. The number of rotatable bonds is 7. The first-order valence-corrected chi connectivity index (χ1v) is 12.6. The Balaban J connectivity index is 1.29. The topological polar surface area (TPSA) is 116 Å². The maximum absolute atomic E-state index is 12.3. The molecule has 2 bridgehead atoms. The van der Waals surface area contributed by atoms with Gasteiger partial charge >= 0.3 is 0 Å². The van der Waals surface area contributed by atoms with Crippen molar-refractivity contribution in [1.29, 1.82) is 0 Å². The molecule has 3 aliphatic rings. The van der Waals surface area contributed by atoms with Crippen molar-refractivity contribution in [1.82, 2.24) is 16.1 Å². The van der Waals surface area contributed by atoms with Crippen LogP contribution < -0.4 is 21.8 Å². The fourth-order valence-corrected chi connectivity index (χ4v) is 5.77. The average molecular weight is 489 g/mol. The molecule has 0 unspecified atom stereocenters. The van der Waals surface area contributed by atoms with Crippen LogP contribution in [0.15, 0.2) is 48.5 Å². The van der Waals surface area contributed by atoms with Gasteiger partial charge in [-0.15, -0.1) is 0 Å². The normalized spacial score (nSPS) is 24.5. The second kappa shape index (κ2) is 10.8. The van der Waals surface area contributed by atoms with Crippen LogP contribution in [0.4, 0.5) is 0 Å². The van der Waals surface area contributed by atoms with Gasteiger partial charge in [0.05, 0.1) is 0 Å². The molecule has 5 rings (SSSR count). The highest BCUT2D eigenvalue weighted by Gasteiger charge is 2.55. The van der Waals surface area contributed by atoms with Crippen molar-refractivity contribution in [3.63, 3.8) is 0 Å². The zero-order chi connectivity index (χ0) is 25.9. The Hall–Kier alpha value is -3.18. The Bertz CT molecular complexity index is 1150. The predicted molar refractivity (Wildman–Crippen MR) is 139 cm³/mol. The predicted octanol–water partition coefficient (Wildman–Crippen LogP) is 2.81. The smallest absolute Gasteiger partial charge is 0.267 e. The van der Waals surface area contributed by atoms with Crippen LogP contribution in [0.3, 0.4) is 0 Å². The van der Waals surface area contributed by atoms with E-state index in [1.54, 1.807) is 24.3 Å². The van der Waals surface area contributed by atoms with Gasteiger partial charge in [0.1, 0.15) is 6.04 Å². The Labute approximate surface area is 213 Å². The first-order valence-electron chi connectivity index (χ1n) is 12.6. The number of hydrogen-bond acceptors (Lipinski definition) is 5. The Kier molecular flexibility index (Phi) is 7.79. The van der Waals surface area contributed by atoms with Gasteiger partial charge in [-0.3, -0.25) is 14.8 Å². The summed E-state index contributed by atoms with van der Waals surface area (Å²) in [5, 5.41) is 15.0. The molecule has 0 heterocycles. The van der Waals surface area contributed by atoms with Crippen molar-refractivity contribution in [2.75, 3.05) is 6.54 Å². The Morgan fingerprint density at radius 1 is 1.06 bits per heavy atom. The maximum atomic E-state index is 12.3. The summed E-state index contributed by atoms with van der Waals surface area (Å²) in [5.41, 5.74) is 10.8. The standard InChI is InChI=1S/C29H36N4O3/c1-18-24-14-23(29(24,2)3)15-25(18)31-17-21-8-6-19(7-9-21)4-5-20-10-12-22(13-11-20)27(34)32-26(16-30)28(35)33-36/h6-13,18,23-26,31,36H,14-17,30H2,1-3H3,(H,32,34)(H,33,35)/t18-,23+,24-,25-,26-/m0/s1. The van der Waals surface area contributed by atoms with Crippen LogP contribution in [0.5, 0.6) is 0 Å². The van der Waals surface area contributed by atoms with Gasteiger partial charge in [0, 0.05) is 35.8 Å². The largest absolute Gasteiger partial charge is 0.339 e. The van der Waals surface area contributed by atoms with Crippen LogP contribution in [0.1, 0.15) is 60.7 Å². The van der Waals surface area contributed by atoms with Crippen LogP contribution in [-0.4, -0.2) is 35.7 Å². The van der Waals surface area contributed by atoms with Gasteiger partial charge in [-0.05, 0) is 78.0 Å². The SMILES string of the molecule is C[C@@H]1[C@@H](NCc2ccc(C#Cc3ccc(C(=O)N[C@@H](CN)C(=O)NO)cc3)cc2)C[C@H]2C[C@@H]1C2(C)C. The molecule has 2 amide bonds. The third-order valence-corrected chi connectivity index (χ3v) is 8.34. The zero-order valence-electron chi connectivity index (χ0n) is 21.2. The molecule has 7 heteroatoms. The van der Waals surface area contributed by atoms with E-state index < -0.39 is 17.9 Å². The summed E-state index contributed by atoms with van der Waals surface area (Å²) in [5.74, 6) is 7.47. The lowest BCUT2D eigenvalue weighted by atomic mass is 9.45. The second-order valence-electron chi connectivity index (χ2n) is 10.7. The van der Waals surface area contributed by atoms with Gasteiger partial charge < -0.3 is 16.4 Å². The number of benzene rings is 2. The molecule has 0 aliphatic heterocycles. The highest BCUT2D eigenvalue weighted by Crippen LogP contribution is 2.61. The van der Waals surface area contributed by atoms with E-state index in [9.17, 15) is 9.59 Å². The zero-order valence-corrected chi connectivity index (χ0v) is 21.2. The summed E-state index contributed by atoms with van der Waals surface area (Å²) >= 11 is 0. The molecule has 3 saturated carbocycles. The van der Waals surface area contributed by atoms with E-state index in [-0.39, 0.29) is 6.54 Å². The lowest BCUT2D eigenvalue weighted by Crippen LogP contribution is -2.59. The minimum Gasteiger partial charge on any atom is -0.339 e. The molecule has 6 N–H and O–H groups in total. The Morgan fingerprint density at radius 3 is 2.19 bits per heavy atom. The molecule has 190 valence electrons. The summed E-state index contributed by atoms with van der Waals surface area (Å²) in [4.78, 5) is 23.8. The third kappa shape index (κ3) is 5.46. The molecule has 3 aliphatic carbocycles. The summed E-state index contributed by atoms with van der Waals surface area (Å²) in [6.07, 6.45) is 2.67. The van der Waals surface area contributed by atoms with Crippen molar-refractivity contribution in [2.24, 2.45) is 28.9 Å². The molecule has 0 saturated heterocycles. The van der Waals surface area contributed by atoms with Crippen molar-refractivity contribution >= 4 is 11.8 Å². The first kappa shape index (κ1) is 25.9. The van der Waals surface area contributed by atoms with Gasteiger partial charge in [0.2, 0.25) is 0 Å². The lowest BCUT2D eigenvalue weighted by molar-refractivity contribution is -0.130. The van der Waals surface area contributed by atoms with Crippen LogP contribution in [-0.2, 0) is 11.3 Å². The molecule has 5 atom stereocenters. The number of nitrogens with one attached hydrogen (secondary N) is 3. The molecular weight excluding hydrogens is 452 g/mol. The molecule has 7 nitrogen and oxygen atoms in total. The Morgan fingerprint density at radius 2 is 1.67 bits per heavy atom. The lowest BCUT2D eigenvalue weighted by Gasteiger charge is -2.62. The molecule has 36 heavy (non-hydrogen) atoms. The van der Waals surface area contributed by atoms with Crippen molar-refractivity contribution in [3.05, 3.63) is 70.8 Å². The van der Waals surface area contributed by atoms with Gasteiger partial charge in [-0.2, -0.15) is 0 Å². The molecule has 0 radical (unpaired) electrons.